The van der Waals surface area contributed by atoms with E-state index in [2.05, 4.69) is 13.8 Å². The zero-order valence-corrected chi connectivity index (χ0v) is 12.0. The van der Waals surface area contributed by atoms with Crippen molar-refractivity contribution >= 4 is 5.91 Å². The lowest BCUT2D eigenvalue weighted by molar-refractivity contribution is -0.150. The number of morpholine rings is 1. The summed E-state index contributed by atoms with van der Waals surface area (Å²) in [5.74, 6) is 1.53. The predicted molar refractivity (Wildman–Crippen MR) is 73.5 cm³/mol. The van der Waals surface area contributed by atoms with E-state index in [-0.39, 0.29) is 24.2 Å². The quantitative estimate of drug-likeness (QED) is 0.821. The third-order valence-corrected chi connectivity index (χ3v) is 5.36. The van der Waals surface area contributed by atoms with Crippen molar-refractivity contribution in [1.29, 1.82) is 0 Å². The number of amides is 1. The molecule has 4 nitrogen and oxygen atoms in total. The highest BCUT2D eigenvalue weighted by Crippen LogP contribution is 2.48. The van der Waals surface area contributed by atoms with E-state index in [4.69, 9.17) is 10.5 Å². The molecule has 1 aliphatic heterocycles. The van der Waals surface area contributed by atoms with Gasteiger partial charge in [0.1, 0.15) is 0 Å². The maximum absolute atomic E-state index is 12.8. The first-order valence-electron chi connectivity index (χ1n) is 7.80. The Bertz CT molecular complexity index is 358. The van der Waals surface area contributed by atoms with Gasteiger partial charge in [-0.15, -0.1) is 0 Å². The second-order valence-corrected chi connectivity index (χ2v) is 6.66. The Labute approximate surface area is 115 Å². The summed E-state index contributed by atoms with van der Waals surface area (Å²) in [6.07, 6.45) is 4.92. The molecule has 6 unspecified atom stereocenters. The lowest BCUT2D eigenvalue weighted by Crippen LogP contribution is -2.54. The second kappa shape index (κ2) is 5.06. The molecule has 4 heteroatoms. The summed E-state index contributed by atoms with van der Waals surface area (Å²) in [5.41, 5.74) is 6.29. The number of nitrogens with two attached hydrogens (primary N) is 1. The molecular weight excluding hydrogens is 240 g/mol. The molecule has 0 radical (unpaired) electrons. The van der Waals surface area contributed by atoms with E-state index in [0.29, 0.717) is 17.7 Å². The van der Waals surface area contributed by atoms with E-state index in [0.717, 1.165) is 19.5 Å². The summed E-state index contributed by atoms with van der Waals surface area (Å²) in [4.78, 5) is 14.8. The molecule has 0 aromatic heterocycles. The maximum Gasteiger partial charge on any atom is 0.227 e. The van der Waals surface area contributed by atoms with Gasteiger partial charge in [-0.2, -0.15) is 0 Å². The van der Waals surface area contributed by atoms with E-state index < -0.39 is 0 Å². The number of carbonyl (C=O) groups is 1. The van der Waals surface area contributed by atoms with Gasteiger partial charge in [0.15, 0.2) is 0 Å². The average Bonchev–Trinajstić information content (AvgIpc) is 2.98. The molecule has 3 rings (SSSR count). The minimum absolute atomic E-state index is 0.0848. The van der Waals surface area contributed by atoms with Crippen LogP contribution in [0.25, 0.3) is 0 Å². The van der Waals surface area contributed by atoms with Crippen LogP contribution in [0.2, 0.25) is 0 Å². The van der Waals surface area contributed by atoms with Crippen LogP contribution >= 0.6 is 0 Å². The molecule has 2 aliphatic carbocycles. The lowest BCUT2D eigenvalue weighted by Gasteiger charge is -2.40. The Morgan fingerprint density at radius 2 is 2.05 bits per heavy atom. The number of fused-ring (bicyclic) bond motifs is 2. The highest BCUT2D eigenvalue weighted by atomic mass is 16.5. The molecule has 0 aromatic carbocycles. The van der Waals surface area contributed by atoms with E-state index in [1.807, 2.05) is 4.90 Å². The zero-order valence-electron chi connectivity index (χ0n) is 12.0. The fraction of sp³-hybridized carbons (Fsp3) is 0.933. The van der Waals surface area contributed by atoms with Crippen LogP contribution in [0.1, 0.15) is 39.5 Å². The fourth-order valence-electron chi connectivity index (χ4n) is 4.36. The van der Waals surface area contributed by atoms with Crippen LogP contribution in [0.5, 0.6) is 0 Å². The predicted octanol–water partition coefficient (Wildman–Crippen LogP) is 1.39. The van der Waals surface area contributed by atoms with Gasteiger partial charge in [0.2, 0.25) is 5.91 Å². The first-order valence-corrected chi connectivity index (χ1v) is 7.80. The second-order valence-electron chi connectivity index (χ2n) is 6.66. The van der Waals surface area contributed by atoms with Gasteiger partial charge < -0.3 is 15.4 Å². The third kappa shape index (κ3) is 2.29. The number of ether oxygens (including phenoxy) is 1. The molecule has 3 aliphatic rings. The van der Waals surface area contributed by atoms with Gasteiger partial charge in [0, 0.05) is 19.1 Å². The summed E-state index contributed by atoms with van der Waals surface area (Å²) in [7, 11) is 0. The van der Waals surface area contributed by atoms with Crippen molar-refractivity contribution in [2.24, 2.45) is 23.5 Å². The van der Waals surface area contributed by atoms with Gasteiger partial charge in [-0.1, -0.05) is 6.92 Å². The Balaban J connectivity index is 1.69. The Morgan fingerprint density at radius 3 is 2.68 bits per heavy atom. The van der Waals surface area contributed by atoms with E-state index in [1.54, 1.807) is 0 Å². The standard InChI is InChI=1S/C15H26N2O2/c1-3-12-8-17(7-9(2)19-12)15(18)13-10-4-5-11(6-10)14(13)16/h9-14H,3-8,16H2,1-2H3. The van der Waals surface area contributed by atoms with Crippen molar-refractivity contribution < 1.29 is 9.53 Å². The Hall–Kier alpha value is -0.610. The molecule has 1 amide bonds. The first kappa shape index (κ1) is 13.4. The minimum Gasteiger partial charge on any atom is -0.372 e. The summed E-state index contributed by atoms with van der Waals surface area (Å²) < 4.78 is 5.84. The van der Waals surface area contributed by atoms with Crippen LogP contribution < -0.4 is 5.73 Å². The van der Waals surface area contributed by atoms with Crippen molar-refractivity contribution in [3.05, 3.63) is 0 Å². The summed E-state index contributed by atoms with van der Waals surface area (Å²) in [5, 5.41) is 0. The monoisotopic (exact) mass is 266 g/mol. The smallest absolute Gasteiger partial charge is 0.227 e. The molecule has 0 aromatic rings. The van der Waals surface area contributed by atoms with E-state index in [9.17, 15) is 4.79 Å². The topological polar surface area (TPSA) is 55.6 Å². The molecule has 2 bridgehead atoms. The number of hydrogen-bond donors (Lipinski definition) is 1. The van der Waals surface area contributed by atoms with Crippen LogP contribution in [-0.4, -0.2) is 42.1 Å². The molecule has 6 atom stereocenters. The van der Waals surface area contributed by atoms with Crippen LogP contribution in [0, 0.1) is 17.8 Å². The summed E-state index contributed by atoms with van der Waals surface area (Å²) in [6, 6.07) is 0.101. The molecule has 108 valence electrons. The normalized spacial score (nSPS) is 45.7. The molecule has 1 heterocycles. The van der Waals surface area contributed by atoms with Gasteiger partial charge in [0.25, 0.3) is 0 Å². The highest BCUT2D eigenvalue weighted by molar-refractivity contribution is 5.80. The van der Waals surface area contributed by atoms with Gasteiger partial charge in [-0.3, -0.25) is 4.79 Å². The van der Waals surface area contributed by atoms with Gasteiger partial charge in [0.05, 0.1) is 18.1 Å². The molecule has 1 saturated heterocycles. The number of nitrogens with zero attached hydrogens (tertiary/aromatic N) is 1. The lowest BCUT2D eigenvalue weighted by atomic mass is 9.83. The molecule has 2 saturated carbocycles. The molecule has 3 fully saturated rings. The summed E-state index contributed by atoms with van der Waals surface area (Å²) >= 11 is 0. The maximum atomic E-state index is 12.8. The van der Waals surface area contributed by atoms with Crippen molar-refractivity contribution in [2.45, 2.75) is 57.8 Å². The number of carbonyl (C=O) groups excluding carboxylic acids is 1. The SMILES string of the molecule is CCC1CN(C(=O)C2C3CCC(C3)C2N)CC(C)O1. The first-order chi connectivity index (χ1) is 9.10. The van der Waals surface area contributed by atoms with Gasteiger partial charge >= 0.3 is 0 Å². The zero-order chi connectivity index (χ0) is 13.6. The molecule has 0 spiro atoms. The minimum atomic E-state index is 0.0848. The van der Waals surface area contributed by atoms with Crippen molar-refractivity contribution in [3.8, 4) is 0 Å². The fourth-order valence-corrected chi connectivity index (χ4v) is 4.36. The van der Waals surface area contributed by atoms with Crippen molar-refractivity contribution in [1.82, 2.24) is 4.90 Å². The average molecular weight is 266 g/mol. The molecule has 2 N–H and O–H groups in total. The largest absolute Gasteiger partial charge is 0.372 e. The van der Waals surface area contributed by atoms with E-state index >= 15 is 0 Å². The number of hydrogen-bond acceptors (Lipinski definition) is 3. The molecular formula is C15H26N2O2. The Morgan fingerprint density at radius 1 is 1.32 bits per heavy atom. The molecule has 19 heavy (non-hydrogen) atoms. The van der Waals surface area contributed by atoms with E-state index in [1.165, 1.54) is 19.3 Å². The number of rotatable bonds is 2. The van der Waals surface area contributed by atoms with Crippen LogP contribution in [0.4, 0.5) is 0 Å². The van der Waals surface area contributed by atoms with Crippen molar-refractivity contribution in [3.63, 3.8) is 0 Å². The van der Waals surface area contributed by atoms with Crippen LogP contribution in [0.15, 0.2) is 0 Å². The van der Waals surface area contributed by atoms with Crippen molar-refractivity contribution in [2.75, 3.05) is 13.1 Å². The third-order valence-electron chi connectivity index (χ3n) is 5.36. The summed E-state index contributed by atoms with van der Waals surface area (Å²) in [6.45, 7) is 5.66. The highest BCUT2D eigenvalue weighted by Gasteiger charge is 2.50. The van der Waals surface area contributed by atoms with Gasteiger partial charge in [-0.05, 0) is 44.4 Å². The Kier molecular flexibility index (Phi) is 3.56. The van der Waals surface area contributed by atoms with Crippen LogP contribution in [-0.2, 0) is 9.53 Å². The van der Waals surface area contributed by atoms with Crippen LogP contribution in [0.3, 0.4) is 0 Å². The van der Waals surface area contributed by atoms with Gasteiger partial charge in [-0.25, -0.2) is 0 Å².